The zero-order valence-electron chi connectivity index (χ0n) is 19.5. The van der Waals surface area contributed by atoms with Gasteiger partial charge in [0.2, 0.25) is 15.9 Å². The molecule has 0 saturated carbocycles. The highest BCUT2D eigenvalue weighted by atomic mass is 32.2. The number of sulfonamides is 1. The van der Waals surface area contributed by atoms with Crippen molar-refractivity contribution < 1.29 is 37.4 Å². The van der Waals surface area contributed by atoms with E-state index < -0.39 is 51.4 Å². The van der Waals surface area contributed by atoms with E-state index in [1.807, 2.05) is 0 Å². The molecule has 0 spiro atoms. The topological polar surface area (TPSA) is 141 Å². The molecule has 1 atom stereocenters. The van der Waals surface area contributed by atoms with Crippen LogP contribution in [0.4, 0.5) is 4.39 Å². The number of rotatable bonds is 12. The third-order valence-corrected chi connectivity index (χ3v) is 8.04. The predicted octanol–water partition coefficient (Wildman–Crippen LogP) is 1.03. The first-order chi connectivity index (χ1) is 15.9. The molecule has 1 fully saturated rings. The number of Topliss-reactive ketones (excluding diaryl/α,β-unsaturated/α-hetero) is 2. The first-order valence-corrected chi connectivity index (χ1v) is 12.7. The second-order valence-electron chi connectivity index (χ2n) is 9.28. The van der Waals surface area contributed by atoms with Gasteiger partial charge in [-0.1, -0.05) is 19.9 Å². The van der Waals surface area contributed by atoms with Gasteiger partial charge in [0.15, 0.2) is 11.6 Å². The molecule has 9 nitrogen and oxygen atoms in total. The fraction of sp³-hybridized carbons (Fsp3) is 0.609. The van der Waals surface area contributed by atoms with Crippen molar-refractivity contribution in [2.24, 2.45) is 11.3 Å². The Kier molecular flexibility index (Phi) is 9.86. The quantitative estimate of drug-likeness (QED) is 0.364. The number of amides is 1. The van der Waals surface area contributed by atoms with Crippen molar-refractivity contribution in [3.63, 3.8) is 0 Å². The Morgan fingerprint density at radius 3 is 2.38 bits per heavy atom. The zero-order valence-corrected chi connectivity index (χ0v) is 20.3. The van der Waals surface area contributed by atoms with Gasteiger partial charge in [-0.25, -0.2) is 12.8 Å². The van der Waals surface area contributed by atoms with Crippen molar-refractivity contribution in [2.45, 2.75) is 57.0 Å². The summed E-state index contributed by atoms with van der Waals surface area (Å²) in [6, 6.07) is 4.87. The molecule has 0 aromatic heterocycles. The van der Waals surface area contributed by atoms with E-state index in [-0.39, 0.29) is 43.3 Å². The van der Waals surface area contributed by atoms with Crippen LogP contribution >= 0.6 is 0 Å². The average molecular weight is 501 g/mol. The highest BCUT2D eigenvalue weighted by Crippen LogP contribution is 2.27. The lowest BCUT2D eigenvalue weighted by molar-refractivity contribution is -0.138. The zero-order chi connectivity index (χ0) is 25.5. The molecule has 1 aromatic carbocycles. The van der Waals surface area contributed by atoms with Crippen LogP contribution in [0.1, 0.15) is 46.0 Å². The van der Waals surface area contributed by atoms with Crippen LogP contribution < -0.4 is 5.32 Å². The fourth-order valence-electron chi connectivity index (χ4n) is 3.67. The van der Waals surface area contributed by atoms with E-state index in [0.717, 1.165) is 6.07 Å². The van der Waals surface area contributed by atoms with E-state index in [1.165, 1.54) is 36.4 Å². The van der Waals surface area contributed by atoms with E-state index in [1.54, 1.807) is 0 Å². The van der Waals surface area contributed by atoms with Gasteiger partial charge in [-0.05, 0) is 43.4 Å². The third kappa shape index (κ3) is 7.39. The summed E-state index contributed by atoms with van der Waals surface area (Å²) in [6.45, 7) is 3.06. The maximum atomic E-state index is 13.4. The summed E-state index contributed by atoms with van der Waals surface area (Å²) in [5.41, 5.74) is -1.03. The van der Waals surface area contributed by atoms with E-state index in [9.17, 15) is 37.4 Å². The van der Waals surface area contributed by atoms with Crippen LogP contribution in [0.25, 0.3) is 0 Å². The molecule has 11 heteroatoms. The van der Waals surface area contributed by atoms with Crippen molar-refractivity contribution in [2.75, 3.05) is 26.2 Å². The van der Waals surface area contributed by atoms with Gasteiger partial charge in [-0.15, -0.1) is 0 Å². The van der Waals surface area contributed by atoms with Gasteiger partial charge in [-0.3, -0.25) is 14.4 Å². The minimum absolute atomic E-state index is 0.0360. The van der Waals surface area contributed by atoms with Crippen LogP contribution in [0.5, 0.6) is 0 Å². The van der Waals surface area contributed by atoms with Crippen LogP contribution in [0.15, 0.2) is 29.2 Å². The summed E-state index contributed by atoms with van der Waals surface area (Å²) >= 11 is 0. The number of ketones is 2. The van der Waals surface area contributed by atoms with E-state index >= 15 is 0 Å². The number of piperidine rings is 1. The molecule has 34 heavy (non-hydrogen) atoms. The molecule has 1 aliphatic rings. The van der Waals surface area contributed by atoms with Gasteiger partial charge in [0.25, 0.3) is 0 Å². The summed E-state index contributed by atoms with van der Waals surface area (Å²) < 4.78 is 40.0. The van der Waals surface area contributed by atoms with Gasteiger partial charge in [0.1, 0.15) is 11.9 Å². The summed E-state index contributed by atoms with van der Waals surface area (Å²) in [5, 5.41) is 21.5. The van der Waals surface area contributed by atoms with Crippen LogP contribution in [-0.4, -0.2) is 72.8 Å². The van der Waals surface area contributed by atoms with Crippen molar-refractivity contribution in [3.8, 4) is 0 Å². The first-order valence-electron chi connectivity index (χ1n) is 11.3. The van der Waals surface area contributed by atoms with Crippen LogP contribution in [0, 0.1) is 17.2 Å². The van der Waals surface area contributed by atoms with Gasteiger partial charge in [0.05, 0.1) is 11.5 Å². The second-order valence-corrected chi connectivity index (χ2v) is 11.2. The number of aliphatic hydroxyl groups excluding tert-OH is 2. The average Bonchev–Trinajstić information content (AvgIpc) is 2.82. The molecule has 1 heterocycles. The molecule has 3 N–H and O–H groups in total. The van der Waals surface area contributed by atoms with E-state index in [4.69, 9.17) is 0 Å². The second kappa shape index (κ2) is 12.0. The third-order valence-electron chi connectivity index (χ3n) is 6.15. The Balaban J connectivity index is 1.73. The van der Waals surface area contributed by atoms with Crippen molar-refractivity contribution in [1.29, 1.82) is 0 Å². The van der Waals surface area contributed by atoms with Gasteiger partial charge in [0, 0.05) is 37.9 Å². The maximum Gasteiger partial charge on any atom is 0.249 e. The molecule has 0 bridgehead atoms. The molecule has 0 unspecified atom stereocenters. The molecular weight excluding hydrogens is 467 g/mol. The number of hydrogen-bond acceptors (Lipinski definition) is 7. The molecule has 2 rings (SSSR count). The lowest BCUT2D eigenvalue weighted by atomic mass is 9.87. The minimum Gasteiger partial charge on any atom is -0.396 e. The Hall–Kier alpha value is -2.21. The molecule has 1 amide bonds. The van der Waals surface area contributed by atoms with Gasteiger partial charge < -0.3 is 15.5 Å². The summed E-state index contributed by atoms with van der Waals surface area (Å²) in [5.74, 6) is -2.43. The number of nitrogens with one attached hydrogen (secondary N) is 1. The smallest absolute Gasteiger partial charge is 0.249 e. The fourth-order valence-corrected chi connectivity index (χ4v) is 5.17. The van der Waals surface area contributed by atoms with Crippen LogP contribution in [0.2, 0.25) is 0 Å². The molecule has 190 valence electrons. The summed E-state index contributed by atoms with van der Waals surface area (Å²) in [4.78, 5) is 36.0. The largest absolute Gasteiger partial charge is 0.396 e. The van der Waals surface area contributed by atoms with Crippen LogP contribution in [0.3, 0.4) is 0 Å². The SMILES string of the molecule is CC(C)(CO)[C@@H](O)C(=O)NCCC(=O)C(=O)CCC1CCN(S(=O)(=O)c2cccc(F)c2)CC1. The summed E-state index contributed by atoms with van der Waals surface area (Å²) in [6.07, 6.45) is -0.0855. The Morgan fingerprint density at radius 2 is 1.79 bits per heavy atom. The Bertz CT molecular complexity index is 989. The lowest BCUT2D eigenvalue weighted by Gasteiger charge is -2.31. The van der Waals surface area contributed by atoms with E-state index in [0.29, 0.717) is 19.3 Å². The van der Waals surface area contributed by atoms with E-state index in [2.05, 4.69) is 5.32 Å². The van der Waals surface area contributed by atoms with Crippen molar-refractivity contribution in [3.05, 3.63) is 30.1 Å². The molecule has 1 aromatic rings. The molecule has 0 radical (unpaired) electrons. The highest BCUT2D eigenvalue weighted by Gasteiger charge is 2.33. The van der Waals surface area contributed by atoms with Gasteiger partial charge in [-0.2, -0.15) is 4.31 Å². The Morgan fingerprint density at radius 1 is 1.18 bits per heavy atom. The number of benzene rings is 1. The van der Waals surface area contributed by atoms with Gasteiger partial charge >= 0.3 is 0 Å². The monoisotopic (exact) mass is 500 g/mol. The molecule has 0 aliphatic carbocycles. The lowest BCUT2D eigenvalue weighted by Crippen LogP contribution is -2.46. The first kappa shape index (κ1) is 28.0. The number of carbonyl (C=O) groups is 3. The number of hydrogen-bond donors (Lipinski definition) is 3. The maximum absolute atomic E-state index is 13.4. The summed E-state index contributed by atoms with van der Waals surface area (Å²) in [7, 11) is -3.78. The molecule has 1 saturated heterocycles. The number of halogens is 1. The van der Waals surface area contributed by atoms with Crippen molar-refractivity contribution in [1.82, 2.24) is 9.62 Å². The predicted molar refractivity (Wildman–Crippen MR) is 122 cm³/mol. The number of nitrogens with zero attached hydrogens (tertiary/aromatic N) is 1. The normalized spacial score (nSPS) is 16.7. The number of carbonyl (C=O) groups excluding carboxylic acids is 3. The standard InChI is InChI=1S/C23H33FN2O7S/c1-23(2,15-27)21(30)22(31)25-11-8-20(29)19(28)7-6-16-9-12-26(13-10-16)34(32,33)18-5-3-4-17(24)14-18/h3-5,14,16,21,27,30H,6-13,15H2,1-2H3,(H,25,31)/t21-/m0/s1. The minimum atomic E-state index is -3.78. The molecule has 1 aliphatic heterocycles. The van der Waals surface area contributed by atoms with Crippen LogP contribution in [-0.2, 0) is 24.4 Å². The van der Waals surface area contributed by atoms with Crippen molar-refractivity contribution >= 4 is 27.5 Å². The Labute approximate surface area is 199 Å². The highest BCUT2D eigenvalue weighted by molar-refractivity contribution is 7.89. The molecular formula is C23H33FN2O7S. The number of aliphatic hydroxyl groups is 2.